The lowest BCUT2D eigenvalue weighted by atomic mass is 9.97. The first kappa shape index (κ1) is 23.0. The molecule has 168 valence electrons. The SMILES string of the molecule is C[C@H](NCc1ccccc1)[C@H](Cc1ccccc1)N(Cc1ccccc1)Cc1ccccc1. The normalized spacial score (nSPS) is 13.0. The number of hydrogen-bond acceptors (Lipinski definition) is 2. The predicted octanol–water partition coefficient (Wildman–Crippen LogP) is 6.48. The van der Waals surface area contributed by atoms with Crippen molar-refractivity contribution in [3.8, 4) is 0 Å². The summed E-state index contributed by atoms with van der Waals surface area (Å²) < 4.78 is 0. The van der Waals surface area contributed by atoms with Crippen LogP contribution in [0.25, 0.3) is 0 Å². The summed E-state index contributed by atoms with van der Waals surface area (Å²) in [5.41, 5.74) is 5.39. The lowest BCUT2D eigenvalue weighted by Gasteiger charge is -2.37. The zero-order chi connectivity index (χ0) is 22.7. The molecule has 0 heterocycles. The van der Waals surface area contributed by atoms with Gasteiger partial charge in [-0.2, -0.15) is 0 Å². The van der Waals surface area contributed by atoms with E-state index in [-0.39, 0.29) is 0 Å². The minimum atomic E-state index is 0.317. The lowest BCUT2D eigenvalue weighted by Crippen LogP contribution is -2.49. The summed E-state index contributed by atoms with van der Waals surface area (Å²) in [4.78, 5) is 2.64. The molecule has 0 unspecified atom stereocenters. The van der Waals surface area contributed by atoms with Gasteiger partial charge in [0.05, 0.1) is 0 Å². The first-order chi connectivity index (χ1) is 16.3. The molecule has 0 aliphatic heterocycles. The Labute approximate surface area is 198 Å². The van der Waals surface area contributed by atoms with Crippen molar-refractivity contribution in [3.63, 3.8) is 0 Å². The first-order valence-electron chi connectivity index (χ1n) is 11.9. The molecule has 0 saturated carbocycles. The van der Waals surface area contributed by atoms with E-state index in [2.05, 4.69) is 138 Å². The van der Waals surface area contributed by atoms with E-state index in [1.807, 2.05) is 0 Å². The molecule has 0 amide bonds. The number of nitrogens with one attached hydrogen (secondary N) is 1. The molecule has 4 aromatic rings. The summed E-state index contributed by atoms with van der Waals surface area (Å²) in [6.07, 6.45) is 1.00. The van der Waals surface area contributed by atoms with Gasteiger partial charge in [0.2, 0.25) is 0 Å². The molecule has 0 radical (unpaired) electrons. The van der Waals surface area contributed by atoms with Crippen LogP contribution in [0.5, 0.6) is 0 Å². The van der Waals surface area contributed by atoms with E-state index < -0.39 is 0 Å². The first-order valence-corrected chi connectivity index (χ1v) is 11.9. The summed E-state index contributed by atoms with van der Waals surface area (Å²) in [6, 6.07) is 43.9. The Morgan fingerprint density at radius 2 is 0.939 bits per heavy atom. The minimum Gasteiger partial charge on any atom is -0.309 e. The van der Waals surface area contributed by atoms with Crippen molar-refractivity contribution in [1.29, 1.82) is 0 Å². The maximum absolute atomic E-state index is 3.83. The van der Waals surface area contributed by atoms with E-state index in [1.54, 1.807) is 0 Å². The van der Waals surface area contributed by atoms with Gasteiger partial charge in [-0.05, 0) is 35.6 Å². The van der Waals surface area contributed by atoms with E-state index >= 15 is 0 Å². The van der Waals surface area contributed by atoms with E-state index in [4.69, 9.17) is 0 Å². The molecule has 0 bridgehead atoms. The fourth-order valence-electron chi connectivity index (χ4n) is 4.41. The van der Waals surface area contributed by atoms with Gasteiger partial charge < -0.3 is 5.32 Å². The average Bonchev–Trinajstić information content (AvgIpc) is 2.88. The third-order valence-electron chi connectivity index (χ3n) is 6.26. The highest BCUT2D eigenvalue weighted by molar-refractivity contribution is 5.20. The molecular weight excluding hydrogens is 400 g/mol. The van der Waals surface area contributed by atoms with Crippen molar-refractivity contribution in [2.45, 2.75) is 45.1 Å². The molecule has 0 aliphatic carbocycles. The Balaban J connectivity index is 1.60. The maximum Gasteiger partial charge on any atom is 0.0294 e. The smallest absolute Gasteiger partial charge is 0.0294 e. The van der Waals surface area contributed by atoms with Gasteiger partial charge in [0.25, 0.3) is 0 Å². The van der Waals surface area contributed by atoms with Crippen LogP contribution in [0.4, 0.5) is 0 Å². The fraction of sp³-hybridized carbons (Fsp3) is 0.226. The highest BCUT2D eigenvalue weighted by atomic mass is 15.2. The monoisotopic (exact) mass is 434 g/mol. The van der Waals surface area contributed by atoms with Crippen molar-refractivity contribution in [3.05, 3.63) is 144 Å². The van der Waals surface area contributed by atoms with Gasteiger partial charge in [0.15, 0.2) is 0 Å². The van der Waals surface area contributed by atoms with Crippen molar-refractivity contribution >= 4 is 0 Å². The number of nitrogens with zero attached hydrogens (tertiary/aromatic N) is 1. The van der Waals surface area contributed by atoms with Crippen molar-refractivity contribution < 1.29 is 0 Å². The zero-order valence-electron chi connectivity index (χ0n) is 19.5. The van der Waals surface area contributed by atoms with Crippen LogP contribution in [0.3, 0.4) is 0 Å². The van der Waals surface area contributed by atoms with E-state index in [0.29, 0.717) is 12.1 Å². The van der Waals surface area contributed by atoms with Crippen LogP contribution in [-0.4, -0.2) is 17.0 Å². The Bertz CT molecular complexity index is 1010. The Hall–Kier alpha value is -3.20. The van der Waals surface area contributed by atoms with E-state index in [9.17, 15) is 0 Å². The standard InChI is InChI=1S/C31H34N2/c1-26(32-23-28-16-8-3-9-17-28)31(22-27-14-6-2-7-15-27)33(24-29-18-10-4-11-19-29)25-30-20-12-5-13-21-30/h2-21,26,31-32H,22-25H2,1H3/t26-,31-/m0/s1. The molecule has 0 aromatic heterocycles. The van der Waals surface area contributed by atoms with Gasteiger partial charge in [-0.1, -0.05) is 121 Å². The van der Waals surface area contributed by atoms with Crippen LogP contribution in [0, 0.1) is 0 Å². The molecule has 0 spiro atoms. The average molecular weight is 435 g/mol. The molecule has 2 heteroatoms. The molecule has 4 rings (SSSR count). The highest BCUT2D eigenvalue weighted by Gasteiger charge is 2.25. The summed E-state index contributed by atoms with van der Waals surface area (Å²) in [6.45, 7) is 5.05. The number of benzene rings is 4. The minimum absolute atomic E-state index is 0.317. The fourth-order valence-corrected chi connectivity index (χ4v) is 4.41. The lowest BCUT2D eigenvalue weighted by molar-refractivity contribution is 0.143. The molecular formula is C31H34N2. The Morgan fingerprint density at radius 3 is 1.39 bits per heavy atom. The van der Waals surface area contributed by atoms with E-state index in [0.717, 1.165) is 26.1 Å². The third kappa shape index (κ3) is 7.15. The van der Waals surface area contributed by atoms with Crippen molar-refractivity contribution in [2.75, 3.05) is 0 Å². The van der Waals surface area contributed by atoms with Crippen molar-refractivity contribution in [2.24, 2.45) is 0 Å². The summed E-state index contributed by atoms with van der Waals surface area (Å²) in [5, 5.41) is 3.83. The number of hydrogen-bond donors (Lipinski definition) is 1. The molecule has 33 heavy (non-hydrogen) atoms. The molecule has 0 saturated heterocycles. The Kier molecular flexibility index (Phi) is 8.46. The zero-order valence-corrected chi connectivity index (χ0v) is 19.5. The summed E-state index contributed by atoms with van der Waals surface area (Å²) in [5.74, 6) is 0. The van der Waals surface area contributed by atoms with Crippen LogP contribution in [0.15, 0.2) is 121 Å². The van der Waals surface area contributed by atoms with Crippen LogP contribution < -0.4 is 5.32 Å². The van der Waals surface area contributed by atoms with Crippen LogP contribution in [0.1, 0.15) is 29.2 Å². The molecule has 2 nitrogen and oxygen atoms in total. The van der Waals surface area contributed by atoms with Crippen molar-refractivity contribution in [1.82, 2.24) is 10.2 Å². The summed E-state index contributed by atoms with van der Waals surface area (Å²) in [7, 11) is 0. The third-order valence-corrected chi connectivity index (χ3v) is 6.26. The van der Waals surface area contributed by atoms with Gasteiger partial charge in [-0.25, -0.2) is 0 Å². The molecule has 2 atom stereocenters. The second-order valence-electron chi connectivity index (χ2n) is 8.79. The van der Waals surface area contributed by atoms with Crippen LogP contribution in [-0.2, 0) is 26.1 Å². The second kappa shape index (κ2) is 12.2. The largest absolute Gasteiger partial charge is 0.309 e. The van der Waals surface area contributed by atoms with Gasteiger partial charge in [-0.3, -0.25) is 4.90 Å². The topological polar surface area (TPSA) is 15.3 Å². The maximum atomic E-state index is 3.83. The van der Waals surface area contributed by atoms with Gasteiger partial charge >= 0.3 is 0 Å². The van der Waals surface area contributed by atoms with Gasteiger partial charge in [-0.15, -0.1) is 0 Å². The van der Waals surface area contributed by atoms with Gasteiger partial charge in [0, 0.05) is 31.7 Å². The number of rotatable bonds is 11. The highest BCUT2D eigenvalue weighted by Crippen LogP contribution is 2.20. The molecule has 4 aromatic carbocycles. The Morgan fingerprint density at radius 1 is 0.545 bits per heavy atom. The van der Waals surface area contributed by atoms with E-state index in [1.165, 1.54) is 22.3 Å². The van der Waals surface area contributed by atoms with Gasteiger partial charge in [0.1, 0.15) is 0 Å². The molecule has 1 N–H and O–H groups in total. The molecule has 0 aliphatic rings. The van der Waals surface area contributed by atoms with Crippen LogP contribution >= 0.6 is 0 Å². The predicted molar refractivity (Wildman–Crippen MR) is 139 cm³/mol. The summed E-state index contributed by atoms with van der Waals surface area (Å²) >= 11 is 0. The quantitative estimate of drug-likeness (QED) is 0.291. The molecule has 0 fully saturated rings. The van der Waals surface area contributed by atoms with Crippen LogP contribution in [0.2, 0.25) is 0 Å². The second-order valence-corrected chi connectivity index (χ2v) is 8.79.